The second-order valence-electron chi connectivity index (χ2n) is 17.0. The summed E-state index contributed by atoms with van der Waals surface area (Å²) in [5.74, 6) is 0.681. The monoisotopic (exact) mass is 677 g/mol. The van der Waals surface area contributed by atoms with E-state index in [-0.39, 0.29) is 0 Å². The highest BCUT2D eigenvalue weighted by atomic mass is 14.4. The highest BCUT2D eigenvalue weighted by molar-refractivity contribution is 5.92. The lowest BCUT2D eigenvalue weighted by Crippen LogP contribution is -2.18. The lowest BCUT2D eigenvalue weighted by molar-refractivity contribution is 0.843. The van der Waals surface area contributed by atoms with Crippen molar-refractivity contribution in [2.45, 2.75) is 145 Å². The van der Waals surface area contributed by atoms with Gasteiger partial charge in [-0.05, 0) is 283 Å². The Bertz CT molecular complexity index is 2220. The van der Waals surface area contributed by atoms with Gasteiger partial charge in [0.05, 0.1) is 0 Å². The molecule has 4 aliphatic carbocycles. The molecule has 2 aromatic rings. The van der Waals surface area contributed by atoms with Crippen LogP contribution in [0.1, 0.15) is 142 Å². The van der Waals surface area contributed by atoms with E-state index < -0.39 is 0 Å². The zero-order chi connectivity index (χ0) is 38.0. The number of benzene rings is 2. The first-order valence-electron chi connectivity index (χ1n) is 19.5. The highest BCUT2D eigenvalue weighted by Crippen LogP contribution is 2.58. The number of hydrogen-bond acceptors (Lipinski definition) is 0. The molecule has 2 unspecified atom stereocenters. The third-order valence-corrected chi connectivity index (χ3v) is 15.5. The summed E-state index contributed by atoms with van der Waals surface area (Å²) in [6.45, 7) is 47.5. The molecule has 268 valence electrons. The molecule has 0 heterocycles. The molecule has 2 atom stereocenters. The molecule has 0 nitrogen and oxygen atoms in total. The van der Waals surface area contributed by atoms with Crippen molar-refractivity contribution in [1.82, 2.24) is 0 Å². The minimum absolute atomic E-state index is 0.305. The molecular formula is C51H64. The van der Waals surface area contributed by atoms with Gasteiger partial charge < -0.3 is 0 Å². The topological polar surface area (TPSA) is 0 Å². The Morgan fingerprint density at radius 2 is 0.745 bits per heavy atom. The molecule has 2 aromatic carbocycles. The Balaban J connectivity index is 1.64. The molecule has 51 heavy (non-hydrogen) atoms. The first-order chi connectivity index (χ1) is 23.7. The first kappa shape index (κ1) is 37.1. The molecule has 0 bridgehead atoms. The normalized spacial score (nSPS) is 21.2. The third kappa shape index (κ3) is 4.91. The Labute approximate surface area is 311 Å². The van der Waals surface area contributed by atoms with Crippen LogP contribution in [-0.2, 0) is 0 Å². The maximum atomic E-state index is 2.46. The molecule has 6 rings (SSSR count). The number of fused-ring (bicyclic) bond motifs is 2. The van der Waals surface area contributed by atoms with Crippen LogP contribution < -0.4 is 0 Å². The van der Waals surface area contributed by atoms with Gasteiger partial charge in [-0.2, -0.15) is 0 Å². The van der Waals surface area contributed by atoms with Gasteiger partial charge in [-0.1, -0.05) is 18.1 Å². The maximum Gasteiger partial charge on any atom is 0.0316 e. The largest absolute Gasteiger partial charge is 0.0625 e. The van der Waals surface area contributed by atoms with Crippen molar-refractivity contribution in [2.24, 2.45) is 11.8 Å². The predicted molar refractivity (Wildman–Crippen MR) is 225 cm³/mol. The van der Waals surface area contributed by atoms with Crippen LogP contribution in [0.2, 0.25) is 0 Å². The maximum absolute atomic E-state index is 2.46. The van der Waals surface area contributed by atoms with Crippen molar-refractivity contribution < 1.29 is 0 Å². The molecule has 0 fully saturated rings. The quantitative estimate of drug-likeness (QED) is 0.302. The van der Waals surface area contributed by atoms with Crippen LogP contribution in [-0.4, -0.2) is 0 Å². The summed E-state index contributed by atoms with van der Waals surface area (Å²) in [5, 5.41) is 0. The van der Waals surface area contributed by atoms with Crippen molar-refractivity contribution in [3.8, 4) is 0 Å². The van der Waals surface area contributed by atoms with Crippen LogP contribution in [0.15, 0.2) is 78.0 Å². The van der Waals surface area contributed by atoms with E-state index in [1.807, 2.05) is 0 Å². The molecule has 0 aromatic heterocycles. The lowest BCUT2D eigenvalue weighted by atomic mass is 9.69. The molecule has 0 N–H and O–H groups in total. The average Bonchev–Trinajstić information content (AvgIpc) is 3.49. The summed E-state index contributed by atoms with van der Waals surface area (Å²) in [4.78, 5) is 0. The van der Waals surface area contributed by atoms with E-state index in [9.17, 15) is 0 Å². The van der Waals surface area contributed by atoms with E-state index in [0.29, 0.717) is 11.8 Å². The molecular weight excluding hydrogens is 613 g/mol. The van der Waals surface area contributed by atoms with Gasteiger partial charge in [-0.15, -0.1) is 0 Å². The van der Waals surface area contributed by atoms with Gasteiger partial charge in [-0.25, -0.2) is 0 Å². The van der Waals surface area contributed by atoms with Crippen molar-refractivity contribution in [3.63, 3.8) is 0 Å². The Hall–Kier alpha value is -3.64. The lowest BCUT2D eigenvalue weighted by Gasteiger charge is -2.34. The number of allylic oxidation sites excluding steroid dienone is 16. The SMILES string of the molecule is CC1=C(C)C2=C(CC3=C4C(C)=C(C)C(C)C(c5c(C)c(C)c(C)c(C)c5C)=C4C(C)=C3C)C(C)=C(C)C2C(c2c(C)c(C)c(C)c(C)c2C)=C1C. The van der Waals surface area contributed by atoms with Crippen molar-refractivity contribution in [3.05, 3.63) is 145 Å². The molecule has 0 heteroatoms. The van der Waals surface area contributed by atoms with Gasteiger partial charge in [0.15, 0.2) is 0 Å². The molecule has 0 spiro atoms. The predicted octanol–water partition coefficient (Wildman–Crippen LogP) is 14.6. The van der Waals surface area contributed by atoms with Crippen molar-refractivity contribution in [1.29, 1.82) is 0 Å². The van der Waals surface area contributed by atoms with Crippen LogP contribution >= 0.6 is 0 Å². The van der Waals surface area contributed by atoms with E-state index in [0.717, 1.165) is 6.42 Å². The van der Waals surface area contributed by atoms with Gasteiger partial charge in [0.25, 0.3) is 0 Å². The van der Waals surface area contributed by atoms with Gasteiger partial charge in [0.1, 0.15) is 0 Å². The van der Waals surface area contributed by atoms with E-state index in [1.54, 1.807) is 27.9 Å². The summed E-state index contributed by atoms with van der Waals surface area (Å²) >= 11 is 0. The van der Waals surface area contributed by atoms with Gasteiger partial charge in [0, 0.05) is 11.8 Å². The van der Waals surface area contributed by atoms with Gasteiger partial charge in [-0.3, -0.25) is 0 Å². The molecule has 4 aliphatic rings. The molecule has 0 aliphatic heterocycles. The summed E-state index contributed by atoms with van der Waals surface area (Å²) in [6.07, 6.45) is 0.980. The Morgan fingerprint density at radius 1 is 0.314 bits per heavy atom. The van der Waals surface area contributed by atoms with E-state index >= 15 is 0 Å². The minimum atomic E-state index is 0.305. The molecule has 0 saturated carbocycles. The van der Waals surface area contributed by atoms with E-state index in [1.165, 1.54) is 128 Å². The number of hydrogen-bond donors (Lipinski definition) is 0. The summed E-state index contributed by atoms with van der Waals surface area (Å²) in [7, 11) is 0. The van der Waals surface area contributed by atoms with Crippen LogP contribution in [0.4, 0.5) is 0 Å². The zero-order valence-corrected chi connectivity index (χ0v) is 35.9. The Kier molecular flexibility index (Phi) is 9.10. The average molecular weight is 677 g/mol. The second kappa shape index (κ2) is 12.5. The van der Waals surface area contributed by atoms with Gasteiger partial charge in [0.2, 0.25) is 0 Å². The van der Waals surface area contributed by atoms with Crippen molar-refractivity contribution in [2.75, 3.05) is 0 Å². The fourth-order valence-corrected chi connectivity index (χ4v) is 10.5. The highest BCUT2D eigenvalue weighted by Gasteiger charge is 2.41. The summed E-state index contributed by atoms with van der Waals surface area (Å²) in [5.41, 5.74) is 41.7. The Morgan fingerprint density at radius 3 is 1.22 bits per heavy atom. The fourth-order valence-electron chi connectivity index (χ4n) is 10.5. The first-order valence-corrected chi connectivity index (χ1v) is 19.5. The van der Waals surface area contributed by atoms with Crippen LogP contribution in [0.5, 0.6) is 0 Å². The molecule has 0 saturated heterocycles. The zero-order valence-electron chi connectivity index (χ0n) is 35.9. The number of rotatable bonds is 4. The van der Waals surface area contributed by atoms with Gasteiger partial charge >= 0.3 is 0 Å². The standard InChI is InChI=1S/C51H64/c1-22-24(3)32(11)44(33(12)25(22)4)48-38(17)28(7)36(15)46-42(30(9)40(19)50(46)48)21-43-31(10)41(20)51-47(43)37(16)29(8)39(18)49(51)45-34(13)26(5)23(2)27(6)35(45)14/h38,51H,21H2,1-20H3. The molecule has 0 amide bonds. The van der Waals surface area contributed by atoms with Crippen LogP contribution in [0.3, 0.4) is 0 Å². The smallest absolute Gasteiger partial charge is 0.0316 e. The fraction of sp³-hybridized carbons (Fsp3) is 0.451. The van der Waals surface area contributed by atoms with E-state index in [2.05, 4.69) is 138 Å². The van der Waals surface area contributed by atoms with E-state index in [4.69, 9.17) is 0 Å². The van der Waals surface area contributed by atoms with Crippen molar-refractivity contribution >= 4 is 11.1 Å². The third-order valence-electron chi connectivity index (χ3n) is 15.5. The van der Waals surface area contributed by atoms with Crippen LogP contribution in [0, 0.1) is 81.1 Å². The second-order valence-corrected chi connectivity index (χ2v) is 17.0. The summed E-state index contributed by atoms with van der Waals surface area (Å²) < 4.78 is 0. The molecule has 0 radical (unpaired) electrons. The van der Waals surface area contributed by atoms with Crippen LogP contribution in [0.25, 0.3) is 11.1 Å². The minimum Gasteiger partial charge on any atom is -0.0625 e. The summed E-state index contributed by atoms with van der Waals surface area (Å²) in [6, 6.07) is 0.